The summed E-state index contributed by atoms with van der Waals surface area (Å²) in [5.74, 6) is -1.70. The van der Waals surface area contributed by atoms with Crippen LogP contribution in [0.1, 0.15) is 52.0 Å². The topological polar surface area (TPSA) is 142 Å². The van der Waals surface area contributed by atoms with Crippen LogP contribution in [0.4, 0.5) is 0 Å². The van der Waals surface area contributed by atoms with Crippen LogP contribution in [0.25, 0.3) is 0 Å². The summed E-state index contributed by atoms with van der Waals surface area (Å²) in [5.41, 5.74) is 6.16. The van der Waals surface area contributed by atoms with Crippen LogP contribution in [0.15, 0.2) is 18.2 Å². The quantitative estimate of drug-likeness (QED) is 0.462. The highest BCUT2D eigenvalue weighted by atomic mass is 16.3. The average molecular weight is 400 g/mol. The maximum Gasteiger partial charge on any atom is 0.262 e. The summed E-state index contributed by atoms with van der Waals surface area (Å²) in [5, 5.41) is 15.7. The maximum atomic E-state index is 12.8. The Morgan fingerprint density at radius 1 is 1.17 bits per heavy atom. The second kappa shape index (κ2) is 7.33. The van der Waals surface area contributed by atoms with Crippen LogP contribution >= 0.6 is 0 Å². The number of imide groups is 2. The monoisotopic (exact) mass is 400 g/mol. The molecule has 0 aromatic heterocycles. The number of benzene rings is 1. The summed E-state index contributed by atoms with van der Waals surface area (Å²) < 4.78 is 0. The Morgan fingerprint density at radius 2 is 1.90 bits per heavy atom. The van der Waals surface area contributed by atoms with E-state index in [9.17, 15) is 24.3 Å². The minimum atomic E-state index is -0.968. The van der Waals surface area contributed by atoms with Gasteiger partial charge >= 0.3 is 0 Å². The molecule has 2 fully saturated rings. The van der Waals surface area contributed by atoms with Crippen molar-refractivity contribution in [1.82, 2.24) is 15.5 Å². The van der Waals surface area contributed by atoms with E-state index in [4.69, 9.17) is 5.73 Å². The molecule has 1 atom stereocenters. The third-order valence-electron chi connectivity index (χ3n) is 5.96. The first kappa shape index (κ1) is 19.7. The number of fused-ring (bicyclic) bond motifs is 1. The van der Waals surface area contributed by atoms with Crippen molar-refractivity contribution >= 4 is 23.6 Å². The van der Waals surface area contributed by atoms with E-state index in [0.717, 1.165) is 10.5 Å². The summed E-state index contributed by atoms with van der Waals surface area (Å²) in [4.78, 5) is 49.9. The Bertz CT molecular complexity index is 893. The maximum absolute atomic E-state index is 12.8. The number of nitrogens with one attached hydrogen (secondary N) is 2. The average Bonchev–Trinajstić information content (AvgIpc) is 2.90. The first-order chi connectivity index (χ1) is 13.8. The number of rotatable bonds is 6. The number of piperidine rings is 1. The zero-order chi connectivity index (χ0) is 20.8. The number of carbonyl (C=O) groups excluding carboxylic acids is 4. The largest absolute Gasteiger partial charge is 0.389 e. The molecule has 9 heteroatoms. The first-order valence-electron chi connectivity index (χ1n) is 9.79. The molecule has 9 nitrogen and oxygen atoms in total. The molecule has 4 rings (SSSR count). The Labute approximate surface area is 167 Å². The highest BCUT2D eigenvalue weighted by molar-refractivity contribution is 6.23. The Balaban J connectivity index is 1.42. The van der Waals surface area contributed by atoms with E-state index in [0.29, 0.717) is 38.4 Å². The van der Waals surface area contributed by atoms with Gasteiger partial charge in [0.1, 0.15) is 6.04 Å². The van der Waals surface area contributed by atoms with Crippen LogP contribution in [0.5, 0.6) is 0 Å². The number of carbonyl (C=O) groups is 4. The number of nitrogens with zero attached hydrogens (tertiary/aromatic N) is 1. The van der Waals surface area contributed by atoms with Crippen molar-refractivity contribution in [2.45, 2.75) is 43.9 Å². The summed E-state index contributed by atoms with van der Waals surface area (Å²) >= 11 is 0. The molecule has 0 spiro atoms. The van der Waals surface area contributed by atoms with Crippen LogP contribution in [0, 0.1) is 5.92 Å². The molecule has 1 unspecified atom stereocenters. The summed E-state index contributed by atoms with van der Waals surface area (Å²) in [6, 6.07) is 4.01. The summed E-state index contributed by atoms with van der Waals surface area (Å²) in [6.07, 6.45) is 1.57. The van der Waals surface area contributed by atoms with Crippen LogP contribution in [0.3, 0.4) is 0 Å². The molecule has 0 bridgehead atoms. The van der Waals surface area contributed by atoms with Crippen LogP contribution < -0.4 is 16.4 Å². The van der Waals surface area contributed by atoms with Gasteiger partial charge in [0.2, 0.25) is 11.8 Å². The van der Waals surface area contributed by atoms with Gasteiger partial charge in [0.25, 0.3) is 11.8 Å². The fraction of sp³-hybridized carbons (Fsp3) is 0.500. The lowest BCUT2D eigenvalue weighted by atomic mass is 9.71. The van der Waals surface area contributed by atoms with E-state index in [1.165, 1.54) is 0 Å². The standard InChI is InChI=1S/C20H24N4O5/c21-8-12-6-20(29,7-12)10-22-9-11-1-2-13-14(5-11)19(28)24(18(13)27)15-3-4-16(25)23-17(15)26/h1-2,5,12,15,22,29H,3-4,6-10,21H2,(H,23,25,26). The van der Waals surface area contributed by atoms with Gasteiger partial charge in [-0.3, -0.25) is 29.4 Å². The Morgan fingerprint density at radius 3 is 2.59 bits per heavy atom. The van der Waals surface area contributed by atoms with E-state index in [2.05, 4.69) is 10.6 Å². The van der Waals surface area contributed by atoms with Gasteiger partial charge in [-0.05, 0) is 49.4 Å². The highest BCUT2D eigenvalue weighted by Crippen LogP contribution is 2.36. The second-order valence-corrected chi connectivity index (χ2v) is 8.17. The van der Waals surface area contributed by atoms with Crippen molar-refractivity contribution in [3.8, 4) is 0 Å². The number of amides is 4. The molecule has 5 N–H and O–H groups in total. The minimum Gasteiger partial charge on any atom is -0.389 e. The van der Waals surface area contributed by atoms with Crippen molar-refractivity contribution in [3.63, 3.8) is 0 Å². The molecule has 1 saturated carbocycles. The molecule has 1 aliphatic carbocycles. The van der Waals surface area contributed by atoms with Gasteiger partial charge in [0.15, 0.2) is 0 Å². The molecule has 154 valence electrons. The molecule has 3 aliphatic rings. The number of aliphatic hydroxyl groups is 1. The fourth-order valence-corrected chi connectivity index (χ4v) is 4.39. The predicted octanol–water partition coefficient (Wildman–Crippen LogP) is -0.723. The molecule has 1 saturated heterocycles. The lowest BCUT2D eigenvalue weighted by Gasteiger charge is -2.43. The van der Waals surface area contributed by atoms with E-state index in [-0.39, 0.29) is 24.0 Å². The van der Waals surface area contributed by atoms with Gasteiger partial charge < -0.3 is 16.2 Å². The second-order valence-electron chi connectivity index (χ2n) is 8.17. The van der Waals surface area contributed by atoms with Crippen molar-refractivity contribution in [1.29, 1.82) is 0 Å². The van der Waals surface area contributed by atoms with Gasteiger partial charge in [-0.2, -0.15) is 0 Å². The molecule has 29 heavy (non-hydrogen) atoms. The van der Waals surface area contributed by atoms with Gasteiger partial charge in [-0.25, -0.2) is 0 Å². The number of hydrogen-bond acceptors (Lipinski definition) is 7. The molecular weight excluding hydrogens is 376 g/mol. The van der Waals surface area contributed by atoms with Crippen LogP contribution in [-0.2, 0) is 16.1 Å². The first-order valence-corrected chi connectivity index (χ1v) is 9.79. The van der Waals surface area contributed by atoms with E-state index in [1.807, 2.05) is 0 Å². The molecule has 1 aromatic carbocycles. The van der Waals surface area contributed by atoms with Gasteiger partial charge in [0, 0.05) is 19.5 Å². The van der Waals surface area contributed by atoms with E-state index < -0.39 is 35.3 Å². The molecular formula is C20H24N4O5. The van der Waals surface area contributed by atoms with Crippen molar-refractivity contribution in [2.75, 3.05) is 13.1 Å². The molecule has 2 aliphatic heterocycles. The van der Waals surface area contributed by atoms with Crippen molar-refractivity contribution < 1.29 is 24.3 Å². The molecule has 1 aromatic rings. The van der Waals surface area contributed by atoms with Gasteiger partial charge in [0.05, 0.1) is 16.7 Å². The Hall–Kier alpha value is -2.62. The zero-order valence-electron chi connectivity index (χ0n) is 15.9. The molecule has 0 radical (unpaired) electrons. The van der Waals surface area contributed by atoms with Crippen LogP contribution in [0.2, 0.25) is 0 Å². The number of nitrogens with two attached hydrogens (primary N) is 1. The van der Waals surface area contributed by atoms with E-state index in [1.54, 1.807) is 18.2 Å². The van der Waals surface area contributed by atoms with E-state index >= 15 is 0 Å². The summed E-state index contributed by atoms with van der Waals surface area (Å²) in [6.45, 7) is 1.44. The molecule has 2 heterocycles. The normalized spacial score (nSPS) is 29.0. The summed E-state index contributed by atoms with van der Waals surface area (Å²) in [7, 11) is 0. The number of hydrogen-bond donors (Lipinski definition) is 4. The predicted molar refractivity (Wildman–Crippen MR) is 102 cm³/mol. The van der Waals surface area contributed by atoms with Gasteiger partial charge in [-0.15, -0.1) is 0 Å². The smallest absolute Gasteiger partial charge is 0.262 e. The molecule has 4 amide bonds. The lowest BCUT2D eigenvalue weighted by Crippen LogP contribution is -2.54. The Kier molecular flexibility index (Phi) is 4.97. The van der Waals surface area contributed by atoms with Crippen molar-refractivity contribution in [2.24, 2.45) is 11.7 Å². The fourth-order valence-electron chi connectivity index (χ4n) is 4.39. The third kappa shape index (κ3) is 3.57. The zero-order valence-corrected chi connectivity index (χ0v) is 15.9. The minimum absolute atomic E-state index is 0.0902. The highest BCUT2D eigenvalue weighted by Gasteiger charge is 2.45. The van der Waals surface area contributed by atoms with Gasteiger partial charge in [-0.1, -0.05) is 6.07 Å². The SMILES string of the molecule is NCC1CC(O)(CNCc2ccc3c(c2)C(=O)N(C2CCC(=O)NC2=O)C3=O)C1. The lowest BCUT2D eigenvalue weighted by molar-refractivity contribution is -0.136. The van der Waals surface area contributed by atoms with Crippen molar-refractivity contribution in [3.05, 3.63) is 34.9 Å². The van der Waals surface area contributed by atoms with Crippen LogP contribution in [-0.4, -0.2) is 58.4 Å². The third-order valence-corrected chi connectivity index (χ3v) is 5.96.